The van der Waals surface area contributed by atoms with Crippen LogP contribution in [-0.2, 0) is 12.6 Å². The van der Waals surface area contributed by atoms with E-state index in [1.807, 2.05) is 6.92 Å². The monoisotopic (exact) mass is 243 g/mol. The topological polar surface area (TPSA) is 51.8 Å². The van der Waals surface area contributed by atoms with E-state index in [2.05, 4.69) is 15.1 Å². The minimum Gasteiger partial charge on any atom is -0.334 e. The molecule has 0 saturated carbocycles. The van der Waals surface area contributed by atoms with Gasteiger partial charge in [-0.2, -0.15) is 18.2 Å². The van der Waals surface area contributed by atoms with Gasteiger partial charge in [0.05, 0.1) is 5.56 Å². The van der Waals surface area contributed by atoms with Crippen LogP contribution in [0.15, 0.2) is 22.9 Å². The van der Waals surface area contributed by atoms with Gasteiger partial charge in [-0.25, -0.2) is 0 Å². The van der Waals surface area contributed by atoms with Gasteiger partial charge >= 0.3 is 6.18 Å². The Morgan fingerprint density at radius 2 is 2.06 bits per heavy atom. The maximum Gasteiger partial charge on any atom is 0.433 e. The Morgan fingerprint density at radius 3 is 2.53 bits per heavy atom. The number of aryl methyl sites for hydroxylation is 1. The van der Waals surface area contributed by atoms with Gasteiger partial charge in [0.2, 0.25) is 0 Å². The lowest BCUT2D eigenvalue weighted by molar-refractivity contribution is -0.141. The lowest BCUT2D eigenvalue weighted by Gasteiger charge is -2.04. The fraction of sp³-hybridized carbons (Fsp3) is 0.300. The summed E-state index contributed by atoms with van der Waals surface area (Å²) in [5.41, 5.74) is -0.582. The van der Waals surface area contributed by atoms with Crippen LogP contribution in [0.25, 0.3) is 11.5 Å². The van der Waals surface area contributed by atoms with Crippen LogP contribution in [0.2, 0.25) is 0 Å². The molecule has 2 rings (SSSR count). The first-order valence-corrected chi connectivity index (χ1v) is 4.87. The van der Waals surface area contributed by atoms with Crippen molar-refractivity contribution in [2.45, 2.75) is 19.5 Å². The van der Waals surface area contributed by atoms with E-state index in [0.29, 0.717) is 17.8 Å². The number of nitrogens with zero attached hydrogens (tertiary/aromatic N) is 3. The average Bonchev–Trinajstić information content (AvgIpc) is 2.76. The zero-order valence-corrected chi connectivity index (χ0v) is 8.82. The van der Waals surface area contributed by atoms with Crippen molar-refractivity contribution in [3.8, 4) is 11.5 Å². The second-order valence-corrected chi connectivity index (χ2v) is 3.30. The SMILES string of the molecule is CCc1noc(-c2ccc(C(F)(F)F)nc2)n1. The van der Waals surface area contributed by atoms with Crippen LogP contribution in [0.5, 0.6) is 0 Å². The van der Waals surface area contributed by atoms with Crippen molar-refractivity contribution in [3.63, 3.8) is 0 Å². The van der Waals surface area contributed by atoms with Crippen LogP contribution >= 0.6 is 0 Å². The molecule has 17 heavy (non-hydrogen) atoms. The summed E-state index contributed by atoms with van der Waals surface area (Å²) in [6, 6.07) is 2.13. The van der Waals surface area contributed by atoms with Gasteiger partial charge < -0.3 is 4.52 Å². The van der Waals surface area contributed by atoms with E-state index >= 15 is 0 Å². The van der Waals surface area contributed by atoms with Crippen LogP contribution in [-0.4, -0.2) is 15.1 Å². The summed E-state index contributed by atoms with van der Waals surface area (Å²) in [5.74, 6) is 0.669. The summed E-state index contributed by atoms with van der Waals surface area (Å²) in [7, 11) is 0. The molecule has 0 N–H and O–H groups in total. The van der Waals surface area contributed by atoms with E-state index in [1.165, 1.54) is 6.07 Å². The third-order valence-electron chi connectivity index (χ3n) is 2.09. The molecular weight excluding hydrogens is 235 g/mol. The van der Waals surface area contributed by atoms with E-state index < -0.39 is 11.9 Å². The minimum atomic E-state index is -4.44. The van der Waals surface area contributed by atoms with E-state index in [9.17, 15) is 13.2 Å². The lowest BCUT2D eigenvalue weighted by atomic mass is 10.2. The summed E-state index contributed by atoms with van der Waals surface area (Å²) in [6.07, 6.45) is -2.78. The first-order valence-electron chi connectivity index (χ1n) is 4.87. The van der Waals surface area contributed by atoms with Crippen molar-refractivity contribution in [2.75, 3.05) is 0 Å². The molecule has 0 saturated heterocycles. The molecule has 4 nitrogen and oxygen atoms in total. The van der Waals surface area contributed by atoms with Crippen molar-refractivity contribution in [2.24, 2.45) is 0 Å². The Kier molecular flexibility index (Phi) is 2.83. The molecule has 0 radical (unpaired) electrons. The third kappa shape index (κ3) is 2.43. The number of aromatic nitrogens is 3. The standard InChI is InChI=1S/C10H8F3N3O/c1-2-8-15-9(17-16-8)6-3-4-7(14-5-6)10(11,12)13/h3-5H,2H2,1H3. The highest BCUT2D eigenvalue weighted by molar-refractivity contribution is 5.51. The smallest absolute Gasteiger partial charge is 0.334 e. The third-order valence-corrected chi connectivity index (χ3v) is 2.09. The molecule has 90 valence electrons. The van der Waals surface area contributed by atoms with Crippen LogP contribution in [0.4, 0.5) is 13.2 Å². The predicted molar refractivity (Wildman–Crippen MR) is 51.9 cm³/mol. The molecule has 0 amide bonds. The number of pyridine rings is 1. The fourth-order valence-corrected chi connectivity index (χ4v) is 1.20. The van der Waals surface area contributed by atoms with Gasteiger partial charge in [0.1, 0.15) is 5.69 Å². The molecule has 0 aliphatic carbocycles. The van der Waals surface area contributed by atoms with Crippen molar-refractivity contribution in [3.05, 3.63) is 29.8 Å². The Morgan fingerprint density at radius 1 is 1.29 bits per heavy atom. The van der Waals surface area contributed by atoms with E-state index in [1.54, 1.807) is 0 Å². The molecule has 2 aromatic heterocycles. The summed E-state index contributed by atoms with van der Waals surface area (Å²) in [6.45, 7) is 1.85. The first-order chi connectivity index (χ1) is 8.00. The van der Waals surface area contributed by atoms with Crippen molar-refractivity contribution < 1.29 is 17.7 Å². The van der Waals surface area contributed by atoms with E-state index in [0.717, 1.165) is 12.3 Å². The van der Waals surface area contributed by atoms with Crippen LogP contribution in [0.1, 0.15) is 18.4 Å². The predicted octanol–water partition coefficient (Wildman–Crippen LogP) is 2.71. The summed E-state index contributed by atoms with van der Waals surface area (Å²) >= 11 is 0. The number of hydrogen-bond acceptors (Lipinski definition) is 4. The Hall–Kier alpha value is -1.92. The van der Waals surface area contributed by atoms with Crippen molar-refractivity contribution in [1.82, 2.24) is 15.1 Å². The largest absolute Gasteiger partial charge is 0.433 e. The zero-order valence-electron chi connectivity index (χ0n) is 8.82. The minimum absolute atomic E-state index is 0.170. The molecule has 2 aromatic rings. The van der Waals surface area contributed by atoms with Gasteiger partial charge in [0, 0.05) is 12.6 Å². The average molecular weight is 243 g/mol. The molecule has 2 heterocycles. The fourth-order valence-electron chi connectivity index (χ4n) is 1.20. The van der Waals surface area contributed by atoms with Crippen molar-refractivity contribution >= 4 is 0 Å². The molecular formula is C10H8F3N3O. The van der Waals surface area contributed by atoms with Gasteiger partial charge in [-0.15, -0.1) is 0 Å². The second-order valence-electron chi connectivity index (χ2n) is 3.30. The van der Waals surface area contributed by atoms with Gasteiger partial charge in [-0.05, 0) is 12.1 Å². The molecule has 0 spiro atoms. The Balaban J connectivity index is 2.29. The number of rotatable bonds is 2. The number of hydrogen-bond donors (Lipinski definition) is 0. The first kappa shape index (κ1) is 11.6. The molecule has 7 heteroatoms. The molecule has 0 aromatic carbocycles. The maximum absolute atomic E-state index is 12.3. The quantitative estimate of drug-likeness (QED) is 0.813. The number of halogens is 3. The van der Waals surface area contributed by atoms with Gasteiger partial charge in [0.25, 0.3) is 5.89 Å². The van der Waals surface area contributed by atoms with Gasteiger partial charge in [-0.1, -0.05) is 12.1 Å². The normalized spacial score (nSPS) is 11.8. The van der Waals surface area contributed by atoms with Crippen LogP contribution in [0.3, 0.4) is 0 Å². The molecule has 0 fully saturated rings. The van der Waals surface area contributed by atoms with Crippen molar-refractivity contribution in [1.29, 1.82) is 0 Å². The zero-order chi connectivity index (χ0) is 12.5. The molecule has 0 unspecified atom stereocenters. The highest BCUT2D eigenvalue weighted by Crippen LogP contribution is 2.28. The van der Waals surface area contributed by atoms with Crippen LogP contribution in [0, 0.1) is 0 Å². The molecule has 0 aliphatic rings. The van der Waals surface area contributed by atoms with Gasteiger partial charge in [0.15, 0.2) is 5.82 Å². The molecule has 0 atom stereocenters. The van der Waals surface area contributed by atoms with E-state index in [-0.39, 0.29) is 5.89 Å². The van der Waals surface area contributed by atoms with Crippen LogP contribution < -0.4 is 0 Å². The summed E-state index contributed by atoms with van der Waals surface area (Å²) in [5, 5.41) is 3.65. The summed E-state index contributed by atoms with van der Waals surface area (Å²) < 4.78 is 41.7. The molecule has 0 aliphatic heterocycles. The number of alkyl halides is 3. The maximum atomic E-state index is 12.3. The second kappa shape index (κ2) is 4.15. The highest BCUT2D eigenvalue weighted by Gasteiger charge is 2.32. The highest BCUT2D eigenvalue weighted by atomic mass is 19.4. The molecule has 0 bridgehead atoms. The Bertz CT molecular complexity index is 504. The van der Waals surface area contributed by atoms with Gasteiger partial charge in [-0.3, -0.25) is 4.98 Å². The van der Waals surface area contributed by atoms with E-state index in [4.69, 9.17) is 4.52 Å². The summed E-state index contributed by atoms with van der Waals surface area (Å²) in [4.78, 5) is 7.30. The Labute approximate surface area is 94.5 Å². The lowest BCUT2D eigenvalue weighted by Crippen LogP contribution is -2.07.